The summed E-state index contributed by atoms with van der Waals surface area (Å²) in [4.78, 5) is 4.01. The molecule has 0 atom stereocenters. The smallest absolute Gasteiger partial charge is 0.155 e. The van der Waals surface area contributed by atoms with E-state index >= 15 is 0 Å². The van der Waals surface area contributed by atoms with E-state index in [2.05, 4.69) is 10.1 Å². The highest BCUT2D eigenvalue weighted by molar-refractivity contribution is 5.82. The Bertz CT molecular complexity index is 882. The molecular formula is C17H16FN5. The molecule has 2 aromatic heterocycles. The van der Waals surface area contributed by atoms with E-state index in [4.69, 9.17) is 11.5 Å². The van der Waals surface area contributed by atoms with Crippen LogP contribution in [0.2, 0.25) is 0 Å². The highest BCUT2D eigenvalue weighted by atomic mass is 19.1. The Morgan fingerprint density at radius 1 is 1.13 bits per heavy atom. The van der Waals surface area contributed by atoms with E-state index < -0.39 is 5.82 Å². The first-order chi connectivity index (χ1) is 11.1. The standard InChI is InChI=1S/C17H16FN5/c18-16-12(2-1-3-14(16)19)17-13(9-23(22-17)11-4-5-11)10-6-7-21-15(20)8-10/h1-3,6-9,11H,4-5,19H2,(H2,20,21). The molecule has 0 unspecified atom stereocenters. The molecule has 4 rings (SSSR count). The number of rotatable bonds is 3. The Balaban J connectivity index is 1.93. The van der Waals surface area contributed by atoms with Gasteiger partial charge in [-0.05, 0) is 42.7 Å². The summed E-state index contributed by atoms with van der Waals surface area (Å²) in [6.45, 7) is 0. The van der Waals surface area contributed by atoms with Gasteiger partial charge in [-0.2, -0.15) is 5.10 Å². The molecule has 23 heavy (non-hydrogen) atoms. The molecule has 1 fully saturated rings. The Morgan fingerprint density at radius 3 is 2.70 bits per heavy atom. The van der Waals surface area contributed by atoms with Gasteiger partial charge in [-0.25, -0.2) is 9.37 Å². The van der Waals surface area contributed by atoms with E-state index in [0.29, 0.717) is 23.1 Å². The lowest BCUT2D eigenvalue weighted by Crippen LogP contribution is -1.97. The molecule has 0 spiro atoms. The molecule has 5 nitrogen and oxygen atoms in total. The molecule has 0 bridgehead atoms. The number of nitrogens with two attached hydrogens (primary N) is 2. The van der Waals surface area contributed by atoms with Crippen LogP contribution in [0.1, 0.15) is 18.9 Å². The van der Waals surface area contributed by atoms with Crippen LogP contribution in [-0.2, 0) is 0 Å². The maximum atomic E-state index is 14.5. The van der Waals surface area contributed by atoms with Crippen molar-refractivity contribution in [2.75, 3.05) is 11.5 Å². The summed E-state index contributed by atoms with van der Waals surface area (Å²) in [5.74, 6) is -0.0301. The third kappa shape index (κ3) is 2.42. The van der Waals surface area contributed by atoms with E-state index in [1.807, 2.05) is 16.9 Å². The molecule has 0 radical (unpaired) electrons. The Labute approximate surface area is 132 Å². The number of benzene rings is 1. The first-order valence-electron chi connectivity index (χ1n) is 7.49. The van der Waals surface area contributed by atoms with Crippen LogP contribution in [0, 0.1) is 5.82 Å². The van der Waals surface area contributed by atoms with Crippen LogP contribution >= 0.6 is 0 Å². The summed E-state index contributed by atoms with van der Waals surface area (Å²) >= 11 is 0. The Kier molecular flexibility index (Phi) is 3.04. The predicted molar refractivity (Wildman–Crippen MR) is 87.9 cm³/mol. The van der Waals surface area contributed by atoms with Gasteiger partial charge >= 0.3 is 0 Å². The minimum Gasteiger partial charge on any atom is -0.396 e. The van der Waals surface area contributed by atoms with Crippen molar-refractivity contribution in [1.82, 2.24) is 14.8 Å². The maximum absolute atomic E-state index is 14.5. The van der Waals surface area contributed by atoms with Crippen molar-refractivity contribution in [3.05, 3.63) is 48.5 Å². The number of nitrogens with zero attached hydrogens (tertiary/aromatic N) is 3. The van der Waals surface area contributed by atoms with Crippen LogP contribution in [0.25, 0.3) is 22.4 Å². The Hall–Kier alpha value is -2.89. The lowest BCUT2D eigenvalue weighted by molar-refractivity contribution is 0.627. The zero-order valence-electron chi connectivity index (χ0n) is 12.4. The minimum atomic E-state index is -0.447. The van der Waals surface area contributed by atoms with Crippen LogP contribution in [0.4, 0.5) is 15.9 Å². The van der Waals surface area contributed by atoms with Gasteiger partial charge in [0.25, 0.3) is 0 Å². The topological polar surface area (TPSA) is 82.8 Å². The fourth-order valence-corrected chi connectivity index (χ4v) is 2.68. The third-order valence-electron chi connectivity index (χ3n) is 4.03. The van der Waals surface area contributed by atoms with Crippen molar-refractivity contribution in [2.24, 2.45) is 0 Å². The molecule has 2 heterocycles. The summed E-state index contributed by atoms with van der Waals surface area (Å²) < 4.78 is 16.4. The zero-order chi connectivity index (χ0) is 16.0. The predicted octanol–water partition coefficient (Wildman–Crippen LogP) is 3.25. The van der Waals surface area contributed by atoms with Crippen LogP contribution in [0.3, 0.4) is 0 Å². The molecule has 1 aliphatic rings. The van der Waals surface area contributed by atoms with Gasteiger partial charge in [0.2, 0.25) is 0 Å². The number of hydrogen-bond acceptors (Lipinski definition) is 4. The molecule has 4 N–H and O–H groups in total. The Morgan fingerprint density at radius 2 is 1.96 bits per heavy atom. The maximum Gasteiger partial charge on any atom is 0.155 e. The quantitative estimate of drug-likeness (QED) is 0.728. The fourth-order valence-electron chi connectivity index (χ4n) is 2.68. The van der Waals surface area contributed by atoms with E-state index in [1.165, 1.54) is 0 Å². The lowest BCUT2D eigenvalue weighted by atomic mass is 10.0. The zero-order valence-corrected chi connectivity index (χ0v) is 12.4. The average molecular weight is 309 g/mol. The van der Waals surface area contributed by atoms with Crippen molar-refractivity contribution in [2.45, 2.75) is 18.9 Å². The fraction of sp³-hybridized carbons (Fsp3) is 0.176. The summed E-state index contributed by atoms with van der Waals surface area (Å²) in [5.41, 5.74) is 14.3. The number of nitrogen functional groups attached to an aromatic ring is 2. The second kappa shape index (κ2) is 5.08. The monoisotopic (exact) mass is 309 g/mol. The van der Waals surface area contributed by atoms with Gasteiger partial charge in [0, 0.05) is 23.5 Å². The van der Waals surface area contributed by atoms with Gasteiger partial charge in [0.05, 0.1) is 11.7 Å². The second-order valence-electron chi connectivity index (χ2n) is 5.78. The number of aromatic nitrogens is 3. The van der Waals surface area contributed by atoms with Crippen molar-refractivity contribution >= 4 is 11.5 Å². The summed E-state index contributed by atoms with van der Waals surface area (Å²) in [5, 5.41) is 4.61. The molecule has 1 aliphatic carbocycles. The van der Waals surface area contributed by atoms with Gasteiger partial charge in [-0.15, -0.1) is 0 Å². The van der Waals surface area contributed by atoms with Crippen LogP contribution in [0.15, 0.2) is 42.7 Å². The number of halogens is 1. The van der Waals surface area contributed by atoms with Gasteiger partial charge in [0.15, 0.2) is 5.82 Å². The number of hydrogen-bond donors (Lipinski definition) is 2. The van der Waals surface area contributed by atoms with Crippen molar-refractivity contribution in [1.29, 1.82) is 0 Å². The molecule has 0 amide bonds. The lowest BCUT2D eigenvalue weighted by Gasteiger charge is -2.06. The van der Waals surface area contributed by atoms with Crippen LogP contribution < -0.4 is 11.5 Å². The number of anilines is 2. The SMILES string of the molecule is Nc1cc(-c2cn(C3CC3)nc2-c2cccc(N)c2F)ccn1. The largest absolute Gasteiger partial charge is 0.396 e. The second-order valence-corrected chi connectivity index (χ2v) is 5.78. The minimum absolute atomic E-state index is 0.115. The highest BCUT2D eigenvalue weighted by Crippen LogP contribution is 2.40. The first-order valence-corrected chi connectivity index (χ1v) is 7.49. The average Bonchev–Trinajstić information content (AvgIpc) is 3.29. The summed E-state index contributed by atoms with van der Waals surface area (Å²) in [6.07, 6.45) is 5.78. The van der Waals surface area contributed by atoms with Crippen molar-refractivity contribution < 1.29 is 4.39 Å². The molecule has 116 valence electrons. The van der Waals surface area contributed by atoms with Gasteiger partial charge < -0.3 is 11.5 Å². The molecule has 0 aliphatic heterocycles. The highest BCUT2D eigenvalue weighted by Gasteiger charge is 2.27. The van der Waals surface area contributed by atoms with E-state index in [1.54, 1.807) is 30.5 Å². The normalized spacial score (nSPS) is 14.1. The molecule has 3 aromatic rings. The third-order valence-corrected chi connectivity index (χ3v) is 4.03. The van der Waals surface area contributed by atoms with Crippen molar-refractivity contribution in [3.8, 4) is 22.4 Å². The molecular weight excluding hydrogens is 293 g/mol. The van der Waals surface area contributed by atoms with Crippen LogP contribution in [-0.4, -0.2) is 14.8 Å². The van der Waals surface area contributed by atoms with Gasteiger partial charge in [-0.3, -0.25) is 4.68 Å². The van der Waals surface area contributed by atoms with Crippen molar-refractivity contribution in [3.63, 3.8) is 0 Å². The summed E-state index contributed by atoms with van der Waals surface area (Å²) in [7, 11) is 0. The van der Waals surface area contributed by atoms with E-state index in [-0.39, 0.29) is 5.69 Å². The molecule has 6 heteroatoms. The molecule has 1 aromatic carbocycles. The van der Waals surface area contributed by atoms with E-state index in [0.717, 1.165) is 24.0 Å². The number of pyridine rings is 1. The summed E-state index contributed by atoms with van der Waals surface area (Å²) in [6, 6.07) is 8.97. The first kappa shape index (κ1) is 13.8. The molecule has 0 saturated heterocycles. The van der Waals surface area contributed by atoms with Gasteiger partial charge in [-0.1, -0.05) is 6.07 Å². The molecule has 1 saturated carbocycles. The van der Waals surface area contributed by atoms with Crippen LogP contribution in [0.5, 0.6) is 0 Å². The van der Waals surface area contributed by atoms with Gasteiger partial charge in [0.1, 0.15) is 11.5 Å². The van der Waals surface area contributed by atoms with E-state index in [9.17, 15) is 4.39 Å².